The van der Waals surface area contributed by atoms with Crippen molar-refractivity contribution in [2.45, 2.75) is 19.0 Å². The zero-order valence-electron chi connectivity index (χ0n) is 19.4. The van der Waals surface area contributed by atoms with E-state index in [2.05, 4.69) is 10.1 Å². The number of aromatic nitrogens is 4. The minimum Gasteiger partial charge on any atom is -0.496 e. The van der Waals surface area contributed by atoms with Gasteiger partial charge in [0.25, 0.3) is 5.91 Å². The topological polar surface area (TPSA) is 74.4 Å². The van der Waals surface area contributed by atoms with Gasteiger partial charge in [0.05, 0.1) is 37.1 Å². The molecule has 2 aromatic heterocycles. The number of carbonyl (C=O) groups excluding carboxylic acids is 1. The van der Waals surface area contributed by atoms with Crippen molar-refractivity contribution in [1.29, 1.82) is 0 Å². The van der Waals surface area contributed by atoms with E-state index in [1.54, 1.807) is 28.0 Å². The number of ether oxygens (including phenoxy) is 2. The summed E-state index contributed by atoms with van der Waals surface area (Å²) in [5, 5.41) is 4.24. The zero-order chi connectivity index (χ0) is 23.8. The van der Waals surface area contributed by atoms with Crippen molar-refractivity contribution in [3.8, 4) is 28.3 Å². The number of hydrogen-bond donors (Lipinski definition) is 0. The Morgan fingerprint density at radius 1 is 1.06 bits per heavy atom. The third kappa shape index (κ3) is 3.87. The molecule has 0 saturated carbocycles. The summed E-state index contributed by atoms with van der Waals surface area (Å²) in [5.41, 5.74) is 4.87. The van der Waals surface area contributed by atoms with Gasteiger partial charge in [-0.05, 0) is 30.5 Å². The highest BCUT2D eigenvalue weighted by Gasteiger charge is 2.28. The van der Waals surface area contributed by atoms with E-state index >= 15 is 0 Å². The predicted octanol–water partition coefficient (Wildman–Crippen LogP) is 4.02. The third-order valence-electron chi connectivity index (χ3n) is 6.28. The second-order valence-corrected chi connectivity index (χ2v) is 8.41. The number of benzene rings is 2. The molecule has 176 valence electrons. The first-order chi connectivity index (χ1) is 16.5. The lowest BCUT2D eigenvalue weighted by Crippen LogP contribution is -2.39. The van der Waals surface area contributed by atoms with Gasteiger partial charge in [-0.3, -0.25) is 14.0 Å². The SMILES string of the molecule is COc1cc(-n2cnc3cc(-c4cnn(C)c4)ccc32)cc(OC)c1C(=O)N1CCC(F)CC1. The molecule has 1 saturated heterocycles. The molecule has 5 rings (SSSR count). The Morgan fingerprint density at radius 2 is 1.76 bits per heavy atom. The number of rotatable bonds is 5. The lowest BCUT2D eigenvalue weighted by molar-refractivity contribution is 0.0660. The van der Waals surface area contributed by atoms with E-state index < -0.39 is 6.17 Å². The van der Waals surface area contributed by atoms with Gasteiger partial charge in [-0.15, -0.1) is 0 Å². The van der Waals surface area contributed by atoms with Crippen molar-refractivity contribution in [2.24, 2.45) is 7.05 Å². The number of aryl methyl sites for hydroxylation is 1. The van der Waals surface area contributed by atoms with E-state index in [1.165, 1.54) is 14.2 Å². The molecule has 4 aromatic rings. The number of piperidine rings is 1. The average molecular weight is 464 g/mol. The first kappa shape index (κ1) is 21.9. The number of fused-ring (bicyclic) bond motifs is 1. The number of hydrogen-bond acceptors (Lipinski definition) is 5. The largest absolute Gasteiger partial charge is 0.496 e. The Morgan fingerprint density at radius 3 is 2.38 bits per heavy atom. The molecule has 8 nitrogen and oxygen atoms in total. The Balaban J connectivity index is 1.53. The van der Waals surface area contributed by atoms with E-state index in [-0.39, 0.29) is 5.91 Å². The van der Waals surface area contributed by atoms with Gasteiger partial charge in [-0.1, -0.05) is 6.07 Å². The average Bonchev–Trinajstić information content (AvgIpc) is 3.49. The van der Waals surface area contributed by atoms with Crippen molar-refractivity contribution in [3.63, 3.8) is 0 Å². The van der Waals surface area contributed by atoms with Gasteiger partial charge in [0, 0.05) is 44.0 Å². The molecule has 0 aliphatic carbocycles. The van der Waals surface area contributed by atoms with Crippen LogP contribution >= 0.6 is 0 Å². The highest BCUT2D eigenvalue weighted by molar-refractivity contribution is 6.00. The van der Waals surface area contributed by atoms with Gasteiger partial charge in [-0.2, -0.15) is 5.10 Å². The number of methoxy groups -OCH3 is 2. The predicted molar refractivity (Wildman–Crippen MR) is 126 cm³/mol. The molecule has 0 spiro atoms. The molecule has 1 fully saturated rings. The molecule has 0 bridgehead atoms. The molecule has 34 heavy (non-hydrogen) atoms. The van der Waals surface area contributed by atoms with Crippen LogP contribution in [-0.2, 0) is 7.05 Å². The molecule has 9 heteroatoms. The van der Waals surface area contributed by atoms with Gasteiger partial charge in [0.2, 0.25) is 0 Å². The molecule has 1 aliphatic heterocycles. The molecular weight excluding hydrogens is 437 g/mol. The minimum absolute atomic E-state index is 0.219. The van der Waals surface area contributed by atoms with Gasteiger partial charge in [0.1, 0.15) is 29.6 Å². The smallest absolute Gasteiger partial charge is 0.261 e. The van der Waals surface area contributed by atoms with Crippen molar-refractivity contribution in [3.05, 3.63) is 54.6 Å². The van der Waals surface area contributed by atoms with E-state index in [9.17, 15) is 9.18 Å². The minimum atomic E-state index is -0.858. The van der Waals surface area contributed by atoms with E-state index in [4.69, 9.17) is 9.47 Å². The van der Waals surface area contributed by atoms with Crippen LogP contribution in [0, 0.1) is 0 Å². The van der Waals surface area contributed by atoms with Crippen LogP contribution < -0.4 is 9.47 Å². The van der Waals surface area contributed by atoms with Crippen LogP contribution in [-0.4, -0.2) is 63.6 Å². The zero-order valence-corrected chi connectivity index (χ0v) is 19.4. The number of imidazole rings is 1. The molecular formula is C25H26FN5O3. The maximum atomic E-state index is 13.6. The van der Waals surface area contributed by atoms with Crippen LogP contribution in [0.1, 0.15) is 23.2 Å². The summed E-state index contributed by atoms with van der Waals surface area (Å²) in [5.74, 6) is 0.579. The normalized spacial score (nSPS) is 14.5. The summed E-state index contributed by atoms with van der Waals surface area (Å²) in [7, 11) is 4.93. The van der Waals surface area contributed by atoms with Crippen LogP contribution in [0.4, 0.5) is 4.39 Å². The molecule has 1 amide bonds. The molecule has 2 aromatic carbocycles. The van der Waals surface area contributed by atoms with Crippen LogP contribution in [0.15, 0.2) is 49.1 Å². The highest BCUT2D eigenvalue weighted by Crippen LogP contribution is 2.35. The third-order valence-corrected chi connectivity index (χ3v) is 6.28. The fourth-order valence-corrected chi connectivity index (χ4v) is 4.43. The molecule has 0 unspecified atom stereocenters. The lowest BCUT2D eigenvalue weighted by atomic mass is 10.1. The van der Waals surface area contributed by atoms with Crippen molar-refractivity contribution in [2.75, 3.05) is 27.3 Å². The van der Waals surface area contributed by atoms with Crippen molar-refractivity contribution < 1.29 is 18.7 Å². The van der Waals surface area contributed by atoms with Crippen LogP contribution in [0.3, 0.4) is 0 Å². The summed E-state index contributed by atoms with van der Waals surface area (Å²) in [6.45, 7) is 0.749. The van der Waals surface area contributed by atoms with Gasteiger partial charge in [0.15, 0.2) is 0 Å². The van der Waals surface area contributed by atoms with E-state index in [0.717, 1.165) is 27.8 Å². The summed E-state index contributed by atoms with van der Waals surface area (Å²) >= 11 is 0. The Kier molecular flexibility index (Phi) is 5.69. The number of nitrogens with zero attached hydrogens (tertiary/aromatic N) is 5. The van der Waals surface area contributed by atoms with E-state index in [1.807, 2.05) is 42.2 Å². The van der Waals surface area contributed by atoms with Crippen LogP contribution in [0.25, 0.3) is 27.8 Å². The number of carbonyl (C=O) groups is 1. The summed E-state index contributed by atoms with van der Waals surface area (Å²) in [6.07, 6.45) is 5.34. The number of amides is 1. The Bertz CT molecular complexity index is 1330. The second kappa shape index (κ2) is 8.81. The molecule has 0 radical (unpaired) electrons. The van der Waals surface area contributed by atoms with Crippen molar-refractivity contribution in [1.82, 2.24) is 24.2 Å². The number of alkyl halides is 1. The monoisotopic (exact) mass is 463 g/mol. The number of halogens is 1. The summed E-state index contributed by atoms with van der Waals surface area (Å²) in [4.78, 5) is 19.5. The van der Waals surface area contributed by atoms with Crippen LogP contribution in [0.5, 0.6) is 11.5 Å². The fraction of sp³-hybridized carbons (Fsp3) is 0.320. The number of likely N-dealkylation sites (tertiary alicyclic amines) is 1. The standard InChI is InChI=1S/C25H26FN5O3/c1-29-14-17(13-28-29)16-4-5-21-20(10-16)27-15-31(21)19-11-22(33-2)24(23(12-19)34-3)25(32)30-8-6-18(26)7-9-30/h4-5,10-15,18H,6-9H2,1-3H3. The molecule has 0 N–H and O–H groups in total. The first-order valence-corrected chi connectivity index (χ1v) is 11.1. The molecule has 0 atom stereocenters. The van der Waals surface area contributed by atoms with Crippen LogP contribution in [0.2, 0.25) is 0 Å². The molecule has 3 heterocycles. The lowest BCUT2D eigenvalue weighted by Gasteiger charge is -2.29. The maximum absolute atomic E-state index is 13.6. The Hall–Kier alpha value is -3.88. The quantitative estimate of drug-likeness (QED) is 0.447. The summed E-state index contributed by atoms with van der Waals surface area (Å²) < 4.78 is 28.5. The first-order valence-electron chi connectivity index (χ1n) is 11.1. The molecule has 1 aliphatic rings. The van der Waals surface area contributed by atoms with Gasteiger partial charge in [-0.25, -0.2) is 9.37 Å². The van der Waals surface area contributed by atoms with Crippen molar-refractivity contribution >= 4 is 16.9 Å². The summed E-state index contributed by atoms with van der Waals surface area (Å²) in [6, 6.07) is 9.65. The Labute approximate surface area is 196 Å². The van der Waals surface area contributed by atoms with E-state index in [0.29, 0.717) is 43.0 Å². The van der Waals surface area contributed by atoms with Gasteiger partial charge >= 0.3 is 0 Å². The van der Waals surface area contributed by atoms with Gasteiger partial charge < -0.3 is 14.4 Å². The highest BCUT2D eigenvalue weighted by atomic mass is 19.1. The second-order valence-electron chi connectivity index (χ2n) is 8.41. The fourth-order valence-electron chi connectivity index (χ4n) is 4.43. The maximum Gasteiger partial charge on any atom is 0.261 e.